The molecule has 174 valence electrons. The third-order valence-corrected chi connectivity index (χ3v) is 5.50. The molecule has 1 saturated heterocycles. The summed E-state index contributed by atoms with van der Waals surface area (Å²) in [5.41, 5.74) is 3.65. The normalized spacial score (nSPS) is 16.7. The fraction of sp³-hybridized carbons (Fsp3) is 0.273. The Bertz CT molecular complexity index is 1180. The van der Waals surface area contributed by atoms with Gasteiger partial charge in [0.25, 0.3) is 0 Å². The second kappa shape index (κ2) is 10.7. The van der Waals surface area contributed by atoms with E-state index >= 15 is 0 Å². The summed E-state index contributed by atoms with van der Waals surface area (Å²) >= 11 is 0. The molecule has 0 aliphatic carbocycles. The zero-order valence-electron chi connectivity index (χ0n) is 17.6. The number of nitrogens with one attached hydrogen (secondary N) is 1. The number of benzene rings is 2. The Balaban J connectivity index is 0.000000555. The molecular weight excluding hydrogens is 450 g/mol. The molecule has 33 heavy (non-hydrogen) atoms. The smallest absolute Gasteiger partial charge is 0.360 e. The van der Waals surface area contributed by atoms with Crippen molar-refractivity contribution in [1.82, 2.24) is 14.8 Å². The molecule has 11 heteroatoms. The molecule has 3 aromatic rings. The molecule has 4 N–H and O–H groups in total. The number of fused-ring (bicyclic) bond motifs is 1. The Morgan fingerprint density at radius 1 is 1.18 bits per heavy atom. The number of phosphoric acid groups is 1. The lowest BCUT2D eigenvalue weighted by molar-refractivity contribution is -0.122. The topological polar surface area (TPSA) is 141 Å². The molecular formula is C22H24FN4O5P. The van der Waals surface area contributed by atoms with Gasteiger partial charge in [0.2, 0.25) is 6.41 Å². The van der Waals surface area contributed by atoms with E-state index in [-0.39, 0.29) is 11.9 Å². The van der Waals surface area contributed by atoms with Crippen LogP contribution < -0.4 is 0 Å². The number of rotatable bonds is 5. The van der Waals surface area contributed by atoms with E-state index < -0.39 is 7.82 Å². The molecule has 2 heterocycles. The van der Waals surface area contributed by atoms with Crippen LogP contribution >= 0.6 is 7.82 Å². The first-order chi connectivity index (χ1) is 15.7. The minimum atomic E-state index is -4.64. The number of piperazine rings is 1. The maximum Gasteiger partial charge on any atom is 0.466 e. The zero-order valence-corrected chi connectivity index (χ0v) is 18.5. The molecule has 1 aromatic heterocycles. The van der Waals surface area contributed by atoms with Crippen LogP contribution in [0, 0.1) is 17.1 Å². The first-order valence-corrected chi connectivity index (χ1v) is 11.7. The number of nitriles is 1. The molecule has 1 amide bonds. The number of amides is 1. The molecule has 0 saturated carbocycles. The molecule has 4 rings (SSSR count). The summed E-state index contributed by atoms with van der Waals surface area (Å²) < 4.78 is 22.0. The number of para-hydroxylation sites is 1. The van der Waals surface area contributed by atoms with Crippen molar-refractivity contribution in [3.8, 4) is 6.07 Å². The summed E-state index contributed by atoms with van der Waals surface area (Å²) in [6.45, 7) is 3.03. The van der Waals surface area contributed by atoms with E-state index in [1.807, 2.05) is 35.2 Å². The van der Waals surface area contributed by atoms with E-state index in [1.54, 1.807) is 6.20 Å². The van der Waals surface area contributed by atoms with Crippen LogP contribution in [0.15, 0.2) is 48.7 Å². The van der Waals surface area contributed by atoms with Crippen LogP contribution in [0.5, 0.6) is 0 Å². The summed E-state index contributed by atoms with van der Waals surface area (Å²) in [7, 11) is -4.64. The van der Waals surface area contributed by atoms with Crippen LogP contribution in [0.1, 0.15) is 22.7 Å². The molecule has 2 aromatic carbocycles. The average molecular weight is 474 g/mol. The van der Waals surface area contributed by atoms with Crippen LogP contribution in [0.4, 0.5) is 4.39 Å². The van der Waals surface area contributed by atoms with Crippen LogP contribution in [-0.2, 0) is 15.8 Å². The Labute approximate surface area is 189 Å². The van der Waals surface area contributed by atoms with Gasteiger partial charge in [-0.1, -0.05) is 30.3 Å². The van der Waals surface area contributed by atoms with E-state index in [2.05, 4.69) is 16.0 Å². The summed E-state index contributed by atoms with van der Waals surface area (Å²) in [5.74, 6) is -0.223. The molecule has 1 fully saturated rings. The SMILES string of the molecule is N#Cc1c[nH]c2c(C3CN(CCc4ccc(F)cc4)CCN3C=O)cccc12.O=P(O)(O)O. The highest BCUT2D eigenvalue weighted by atomic mass is 31.2. The van der Waals surface area contributed by atoms with Gasteiger partial charge in [-0.25, -0.2) is 8.96 Å². The second-order valence-corrected chi connectivity index (χ2v) is 8.66. The quantitative estimate of drug-likeness (QED) is 0.329. The van der Waals surface area contributed by atoms with Gasteiger partial charge in [-0.3, -0.25) is 9.69 Å². The number of aromatic nitrogens is 1. The number of hydrogen-bond acceptors (Lipinski definition) is 4. The van der Waals surface area contributed by atoms with Crippen molar-refractivity contribution in [1.29, 1.82) is 5.26 Å². The van der Waals surface area contributed by atoms with Crippen molar-refractivity contribution in [2.45, 2.75) is 12.5 Å². The number of carbonyl (C=O) groups excluding carboxylic acids is 1. The summed E-state index contributed by atoms with van der Waals surface area (Å²) in [6.07, 6.45) is 3.46. The van der Waals surface area contributed by atoms with Crippen molar-refractivity contribution in [3.05, 3.63) is 71.2 Å². The van der Waals surface area contributed by atoms with Crippen molar-refractivity contribution in [2.75, 3.05) is 26.2 Å². The Kier molecular flexibility index (Phi) is 7.97. The predicted molar refractivity (Wildman–Crippen MR) is 119 cm³/mol. The maximum atomic E-state index is 13.1. The van der Waals surface area contributed by atoms with Gasteiger partial charge in [0.1, 0.15) is 11.9 Å². The zero-order chi connectivity index (χ0) is 24.0. The first kappa shape index (κ1) is 24.6. The van der Waals surface area contributed by atoms with E-state index in [0.29, 0.717) is 12.1 Å². The maximum absolute atomic E-state index is 13.1. The van der Waals surface area contributed by atoms with Gasteiger partial charge in [-0.15, -0.1) is 0 Å². The highest BCUT2D eigenvalue weighted by molar-refractivity contribution is 7.45. The molecule has 0 spiro atoms. The van der Waals surface area contributed by atoms with E-state index in [9.17, 15) is 14.4 Å². The van der Waals surface area contributed by atoms with Crippen molar-refractivity contribution >= 4 is 25.1 Å². The van der Waals surface area contributed by atoms with Gasteiger partial charge >= 0.3 is 7.82 Å². The lowest BCUT2D eigenvalue weighted by Gasteiger charge is -2.40. The molecule has 1 unspecified atom stereocenters. The number of aromatic amines is 1. The number of carbonyl (C=O) groups is 1. The highest BCUT2D eigenvalue weighted by Gasteiger charge is 2.29. The first-order valence-electron chi connectivity index (χ1n) is 10.2. The fourth-order valence-electron chi connectivity index (χ4n) is 3.95. The Hall–Kier alpha value is -3.06. The van der Waals surface area contributed by atoms with Gasteiger partial charge in [-0.2, -0.15) is 5.26 Å². The third-order valence-electron chi connectivity index (χ3n) is 5.50. The Morgan fingerprint density at radius 3 is 2.52 bits per heavy atom. The molecule has 0 radical (unpaired) electrons. The van der Waals surface area contributed by atoms with Crippen LogP contribution in [-0.4, -0.2) is 62.1 Å². The summed E-state index contributed by atoms with van der Waals surface area (Å²) in [6, 6.07) is 14.6. The minimum absolute atomic E-state index is 0.0756. The lowest BCUT2D eigenvalue weighted by atomic mass is 9.99. The largest absolute Gasteiger partial charge is 0.466 e. The van der Waals surface area contributed by atoms with E-state index in [4.69, 9.17) is 19.2 Å². The van der Waals surface area contributed by atoms with Gasteiger partial charge in [0.15, 0.2) is 0 Å². The number of hydrogen-bond donors (Lipinski definition) is 4. The van der Waals surface area contributed by atoms with Gasteiger partial charge < -0.3 is 24.6 Å². The predicted octanol–water partition coefficient (Wildman–Crippen LogP) is 2.31. The molecule has 1 aliphatic rings. The fourth-order valence-corrected chi connectivity index (χ4v) is 3.95. The highest BCUT2D eigenvalue weighted by Crippen LogP contribution is 2.31. The lowest BCUT2D eigenvalue weighted by Crippen LogP contribution is -2.48. The molecule has 1 aliphatic heterocycles. The van der Waals surface area contributed by atoms with Crippen molar-refractivity contribution in [3.63, 3.8) is 0 Å². The number of halogens is 1. The van der Waals surface area contributed by atoms with Crippen molar-refractivity contribution < 1.29 is 28.4 Å². The van der Waals surface area contributed by atoms with E-state index in [0.717, 1.165) is 54.5 Å². The minimum Gasteiger partial charge on any atom is -0.360 e. The standard InChI is InChI=1S/C22H21FN4O.H3O4P/c23-18-6-4-16(5-7-18)8-9-26-10-11-27(15-28)21(14-26)20-3-1-2-19-17(12-24)13-25-22(19)20;1-5(2,3)4/h1-7,13,15,21,25H,8-11,14H2;(H3,1,2,3,4). The Morgan fingerprint density at radius 2 is 1.88 bits per heavy atom. The monoisotopic (exact) mass is 474 g/mol. The average Bonchev–Trinajstić information content (AvgIpc) is 3.21. The third kappa shape index (κ3) is 6.71. The van der Waals surface area contributed by atoms with E-state index in [1.165, 1.54) is 12.1 Å². The summed E-state index contributed by atoms with van der Waals surface area (Å²) in [4.78, 5) is 40.6. The van der Waals surface area contributed by atoms with Crippen LogP contribution in [0.2, 0.25) is 0 Å². The van der Waals surface area contributed by atoms with Crippen molar-refractivity contribution in [2.24, 2.45) is 0 Å². The van der Waals surface area contributed by atoms with Gasteiger partial charge in [0, 0.05) is 43.3 Å². The van der Waals surface area contributed by atoms with Crippen LogP contribution in [0.3, 0.4) is 0 Å². The number of nitrogens with zero attached hydrogens (tertiary/aromatic N) is 3. The van der Waals surface area contributed by atoms with Gasteiger partial charge in [0.05, 0.1) is 17.1 Å². The summed E-state index contributed by atoms with van der Waals surface area (Å²) in [5, 5.41) is 10.2. The van der Waals surface area contributed by atoms with Gasteiger partial charge in [-0.05, 0) is 24.1 Å². The van der Waals surface area contributed by atoms with Crippen LogP contribution in [0.25, 0.3) is 10.9 Å². The second-order valence-electron chi connectivity index (χ2n) is 7.63. The molecule has 0 bridgehead atoms. The molecule has 9 nitrogen and oxygen atoms in total. The molecule has 1 atom stereocenters. The number of H-pyrrole nitrogens is 1.